The van der Waals surface area contributed by atoms with Crippen LogP contribution in [-0.4, -0.2) is 79.4 Å². The van der Waals surface area contributed by atoms with Gasteiger partial charge in [0.15, 0.2) is 0 Å². The molecule has 8 nitrogen and oxygen atoms in total. The fourth-order valence-electron chi connectivity index (χ4n) is 3.23. The van der Waals surface area contributed by atoms with Crippen molar-refractivity contribution >= 4 is 17.8 Å². The van der Waals surface area contributed by atoms with Gasteiger partial charge in [0.05, 0.1) is 19.7 Å². The number of piperazine rings is 1. The largest absolute Gasteiger partial charge is 0.496 e. The zero-order chi connectivity index (χ0) is 18.0. The monoisotopic (exact) mass is 346 g/mol. The van der Waals surface area contributed by atoms with Crippen molar-refractivity contribution in [1.82, 2.24) is 20.0 Å². The van der Waals surface area contributed by atoms with E-state index in [4.69, 9.17) is 4.74 Å². The Labute approximate surface area is 146 Å². The van der Waals surface area contributed by atoms with Crippen LogP contribution >= 0.6 is 0 Å². The molecule has 0 aliphatic carbocycles. The van der Waals surface area contributed by atoms with E-state index in [1.54, 1.807) is 12.0 Å². The van der Waals surface area contributed by atoms with Gasteiger partial charge in [-0.2, -0.15) is 0 Å². The zero-order valence-electron chi connectivity index (χ0n) is 14.4. The lowest BCUT2D eigenvalue weighted by Crippen LogP contribution is -2.52. The lowest BCUT2D eigenvalue weighted by atomic mass is 10.0. The molecule has 2 saturated heterocycles. The Morgan fingerprint density at radius 1 is 1.28 bits per heavy atom. The summed E-state index contributed by atoms with van der Waals surface area (Å²) in [5.41, 5.74) is 1.01. The number of amides is 4. The third kappa shape index (κ3) is 3.43. The van der Waals surface area contributed by atoms with E-state index in [1.807, 2.05) is 31.3 Å². The van der Waals surface area contributed by atoms with Gasteiger partial charge in [-0.05, 0) is 13.1 Å². The number of urea groups is 1. The molecular formula is C17H22N4O4. The van der Waals surface area contributed by atoms with E-state index in [2.05, 4.69) is 10.2 Å². The predicted octanol–water partition coefficient (Wildman–Crippen LogP) is 0.0621. The maximum absolute atomic E-state index is 12.6. The van der Waals surface area contributed by atoms with Crippen molar-refractivity contribution in [2.45, 2.75) is 6.04 Å². The second kappa shape index (κ2) is 7.10. The number of likely N-dealkylation sites (N-methyl/N-ethyl adjacent to an activating group) is 1. The van der Waals surface area contributed by atoms with E-state index in [9.17, 15) is 14.4 Å². The number of hydrogen-bond donors (Lipinski definition) is 1. The second-order valence-electron chi connectivity index (χ2n) is 6.22. The number of methoxy groups -OCH3 is 1. The number of ether oxygens (including phenoxy) is 1. The fourth-order valence-corrected chi connectivity index (χ4v) is 3.23. The van der Waals surface area contributed by atoms with Gasteiger partial charge >= 0.3 is 6.03 Å². The second-order valence-corrected chi connectivity index (χ2v) is 6.22. The Hall–Kier alpha value is -2.61. The highest BCUT2D eigenvalue weighted by Crippen LogP contribution is 2.31. The van der Waals surface area contributed by atoms with Gasteiger partial charge in [0.1, 0.15) is 12.3 Å². The molecule has 3 rings (SSSR count). The molecule has 1 aromatic rings. The summed E-state index contributed by atoms with van der Waals surface area (Å²) in [7, 11) is 3.64. The molecule has 2 heterocycles. The molecule has 1 aromatic carbocycles. The summed E-state index contributed by atoms with van der Waals surface area (Å²) in [6.45, 7) is 1.49. The molecule has 2 fully saturated rings. The molecule has 0 radical (unpaired) electrons. The summed E-state index contributed by atoms with van der Waals surface area (Å²) in [4.78, 5) is 40.7. The van der Waals surface area contributed by atoms with Gasteiger partial charge in [0, 0.05) is 25.2 Å². The van der Waals surface area contributed by atoms with Crippen molar-refractivity contribution < 1.29 is 19.1 Å². The van der Waals surface area contributed by atoms with E-state index in [-0.39, 0.29) is 30.9 Å². The molecule has 2 aliphatic heterocycles. The Kier molecular flexibility index (Phi) is 4.89. The summed E-state index contributed by atoms with van der Waals surface area (Å²) in [6, 6.07) is 7.24. The Morgan fingerprint density at radius 2 is 2.04 bits per heavy atom. The van der Waals surface area contributed by atoms with Crippen LogP contribution in [0.25, 0.3) is 0 Å². The van der Waals surface area contributed by atoms with E-state index in [0.717, 1.165) is 16.2 Å². The van der Waals surface area contributed by atoms with Gasteiger partial charge in [-0.15, -0.1) is 0 Å². The number of para-hydroxylation sites is 1. The van der Waals surface area contributed by atoms with Gasteiger partial charge in [0.25, 0.3) is 5.91 Å². The number of imide groups is 1. The van der Waals surface area contributed by atoms with E-state index < -0.39 is 6.03 Å². The van der Waals surface area contributed by atoms with Crippen LogP contribution in [0.4, 0.5) is 4.79 Å². The topological polar surface area (TPSA) is 82.2 Å². The summed E-state index contributed by atoms with van der Waals surface area (Å²) >= 11 is 0. The minimum absolute atomic E-state index is 0.00282. The third-order valence-corrected chi connectivity index (χ3v) is 4.73. The van der Waals surface area contributed by atoms with Crippen LogP contribution in [-0.2, 0) is 9.59 Å². The highest BCUT2D eigenvalue weighted by molar-refractivity contribution is 6.04. The number of hydrogen-bond acceptors (Lipinski definition) is 5. The molecule has 134 valence electrons. The van der Waals surface area contributed by atoms with Crippen LogP contribution in [0.1, 0.15) is 11.6 Å². The number of carbonyl (C=O) groups excluding carboxylic acids is 3. The number of nitrogens with zero attached hydrogens (tertiary/aromatic N) is 3. The van der Waals surface area contributed by atoms with Crippen LogP contribution in [0.15, 0.2) is 24.3 Å². The summed E-state index contributed by atoms with van der Waals surface area (Å²) in [5, 5.41) is 2.43. The average molecular weight is 346 g/mol. The Balaban J connectivity index is 1.73. The Bertz CT molecular complexity index is 677. The van der Waals surface area contributed by atoms with Gasteiger partial charge in [0.2, 0.25) is 5.91 Å². The molecule has 0 bridgehead atoms. The molecule has 1 atom stereocenters. The SMILES string of the molecule is COc1ccccc1[C@H]1CN(C(=O)CN2C(=O)CNC2=O)CCN1C. The first kappa shape index (κ1) is 17.2. The van der Waals surface area contributed by atoms with Crippen LogP contribution in [0.5, 0.6) is 5.75 Å². The van der Waals surface area contributed by atoms with E-state index >= 15 is 0 Å². The van der Waals surface area contributed by atoms with Gasteiger partial charge in [-0.3, -0.25) is 19.4 Å². The number of carbonyl (C=O) groups is 3. The van der Waals surface area contributed by atoms with Crippen LogP contribution in [0, 0.1) is 0 Å². The molecule has 0 aromatic heterocycles. The summed E-state index contributed by atoms with van der Waals surface area (Å²) in [6.07, 6.45) is 0. The minimum atomic E-state index is -0.506. The molecule has 0 saturated carbocycles. The number of benzene rings is 1. The molecular weight excluding hydrogens is 324 g/mol. The van der Waals surface area contributed by atoms with Gasteiger partial charge < -0.3 is 15.0 Å². The average Bonchev–Trinajstić information content (AvgIpc) is 2.94. The summed E-state index contributed by atoms with van der Waals surface area (Å²) < 4.78 is 5.44. The first-order valence-corrected chi connectivity index (χ1v) is 8.20. The lowest BCUT2D eigenvalue weighted by Gasteiger charge is -2.40. The molecule has 0 spiro atoms. The highest BCUT2D eigenvalue weighted by Gasteiger charge is 2.34. The predicted molar refractivity (Wildman–Crippen MR) is 90.1 cm³/mol. The fraction of sp³-hybridized carbons (Fsp3) is 0.471. The summed E-state index contributed by atoms with van der Waals surface area (Å²) in [5.74, 6) is 0.190. The first-order valence-electron chi connectivity index (χ1n) is 8.20. The number of nitrogens with one attached hydrogen (secondary N) is 1. The van der Waals surface area contributed by atoms with Crippen molar-refractivity contribution in [2.75, 3.05) is 46.9 Å². The molecule has 2 aliphatic rings. The van der Waals surface area contributed by atoms with Crippen LogP contribution < -0.4 is 10.1 Å². The van der Waals surface area contributed by atoms with Gasteiger partial charge in [-0.25, -0.2) is 4.79 Å². The van der Waals surface area contributed by atoms with Crippen LogP contribution in [0.3, 0.4) is 0 Å². The Morgan fingerprint density at radius 3 is 2.72 bits per heavy atom. The molecule has 1 N–H and O–H groups in total. The zero-order valence-corrected chi connectivity index (χ0v) is 14.4. The first-order chi connectivity index (χ1) is 12.0. The minimum Gasteiger partial charge on any atom is -0.496 e. The third-order valence-electron chi connectivity index (χ3n) is 4.73. The van der Waals surface area contributed by atoms with E-state index in [1.165, 1.54) is 0 Å². The van der Waals surface area contributed by atoms with Crippen LogP contribution in [0.2, 0.25) is 0 Å². The van der Waals surface area contributed by atoms with Crippen molar-refractivity contribution in [3.05, 3.63) is 29.8 Å². The quantitative estimate of drug-likeness (QED) is 0.780. The smallest absolute Gasteiger partial charge is 0.325 e. The van der Waals surface area contributed by atoms with Gasteiger partial charge in [-0.1, -0.05) is 18.2 Å². The standard InChI is InChI=1S/C17H22N4O4/c1-19-7-8-20(16(23)11-21-15(22)9-18-17(21)24)10-13(19)12-5-3-4-6-14(12)25-2/h3-6,13H,7-11H2,1-2H3,(H,18,24)/t13-/m1/s1. The molecule has 25 heavy (non-hydrogen) atoms. The lowest BCUT2D eigenvalue weighted by molar-refractivity contribution is -0.138. The molecule has 0 unspecified atom stereocenters. The van der Waals surface area contributed by atoms with Crippen molar-refractivity contribution in [3.63, 3.8) is 0 Å². The maximum atomic E-state index is 12.6. The van der Waals surface area contributed by atoms with Crippen molar-refractivity contribution in [1.29, 1.82) is 0 Å². The maximum Gasteiger partial charge on any atom is 0.325 e. The van der Waals surface area contributed by atoms with Crippen molar-refractivity contribution in [2.24, 2.45) is 0 Å². The van der Waals surface area contributed by atoms with E-state index in [0.29, 0.717) is 19.6 Å². The number of rotatable bonds is 4. The normalized spacial score (nSPS) is 21.4. The molecule has 4 amide bonds. The molecule has 8 heteroatoms. The van der Waals surface area contributed by atoms with Crippen molar-refractivity contribution in [3.8, 4) is 5.75 Å². The highest BCUT2D eigenvalue weighted by atomic mass is 16.5.